The van der Waals surface area contributed by atoms with Crippen molar-refractivity contribution in [3.05, 3.63) is 0 Å². The van der Waals surface area contributed by atoms with E-state index in [2.05, 4.69) is 26.1 Å². The third-order valence-corrected chi connectivity index (χ3v) is 6.20. The van der Waals surface area contributed by atoms with Gasteiger partial charge in [0, 0.05) is 6.61 Å². The van der Waals surface area contributed by atoms with E-state index in [9.17, 15) is 9.59 Å². The van der Waals surface area contributed by atoms with E-state index in [4.69, 9.17) is 53.1 Å². The molecule has 0 aliphatic heterocycles. The lowest BCUT2D eigenvalue weighted by molar-refractivity contribution is -0.131. The molecule has 0 aliphatic carbocycles. The summed E-state index contributed by atoms with van der Waals surface area (Å²) in [5.74, 6) is -0.237. The number of rotatable bonds is 38. The first-order chi connectivity index (χ1) is 22.5. The Labute approximate surface area is 276 Å². The number of nitrogens with one attached hydrogen (secondary N) is 1. The summed E-state index contributed by atoms with van der Waals surface area (Å²) in [4.78, 5) is 23.4. The average Bonchev–Trinajstić information content (AvgIpc) is 3.03. The molecule has 0 fully saturated rings. The highest BCUT2D eigenvalue weighted by Crippen LogP contribution is 2.03. The predicted octanol–water partition coefficient (Wildman–Crippen LogP) is 1.75. The first-order valence-electron chi connectivity index (χ1n) is 16.8. The summed E-state index contributed by atoms with van der Waals surface area (Å²) in [6, 6.07) is -0.659. The van der Waals surface area contributed by atoms with Crippen molar-refractivity contribution in [2.45, 2.75) is 58.9 Å². The quantitative estimate of drug-likeness (QED) is 0.0918. The van der Waals surface area contributed by atoms with Crippen LogP contribution >= 0.6 is 0 Å². The normalized spacial score (nSPS) is 12.2. The molecule has 3 N–H and O–H groups in total. The van der Waals surface area contributed by atoms with Gasteiger partial charge in [0.25, 0.3) is 0 Å². The summed E-state index contributed by atoms with van der Waals surface area (Å²) >= 11 is 0. The van der Waals surface area contributed by atoms with Gasteiger partial charge in [0.05, 0.1) is 119 Å². The summed E-state index contributed by atoms with van der Waals surface area (Å²) in [7, 11) is 0. The molecule has 0 bridgehead atoms. The molecule has 274 valence electrons. The molecule has 2 amide bonds. The zero-order chi connectivity index (χ0) is 33.8. The molecular formula is C32H64N2O12. The van der Waals surface area contributed by atoms with E-state index < -0.39 is 11.9 Å². The third-order valence-electron chi connectivity index (χ3n) is 6.20. The summed E-state index contributed by atoms with van der Waals surface area (Å²) in [5.41, 5.74) is 5.35. The number of carbonyl (C=O) groups excluding carboxylic acids is 2. The highest BCUT2D eigenvalue weighted by molar-refractivity contribution is 5.86. The van der Waals surface area contributed by atoms with Gasteiger partial charge < -0.3 is 58.4 Å². The van der Waals surface area contributed by atoms with Crippen molar-refractivity contribution in [3.63, 3.8) is 0 Å². The van der Waals surface area contributed by atoms with E-state index in [0.29, 0.717) is 125 Å². The van der Waals surface area contributed by atoms with Crippen LogP contribution in [0.15, 0.2) is 0 Å². The molecule has 14 nitrogen and oxygen atoms in total. The number of amides is 2. The van der Waals surface area contributed by atoms with E-state index in [-0.39, 0.29) is 19.1 Å². The van der Waals surface area contributed by atoms with E-state index in [0.717, 1.165) is 32.3 Å². The molecule has 0 heterocycles. The maximum atomic E-state index is 11.9. The van der Waals surface area contributed by atoms with Crippen LogP contribution in [0.1, 0.15) is 52.9 Å². The van der Waals surface area contributed by atoms with Gasteiger partial charge in [-0.05, 0) is 18.8 Å². The number of nitrogens with two attached hydrogens (primary N) is 1. The number of hydrogen-bond donors (Lipinski definition) is 2. The fourth-order valence-corrected chi connectivity index (χ4v) is 3.58. The van der Waals surface area contributed by atoms with Crippen molar-refractivity contribution < 1.29 is 57.0 Å². The Morgan fingerprint density at radius 1 is 0.500 bits per heavy atom. The van der Waals surface area contributed by atoms with E-state index >= 15 is 0 Å². The van der Waals surface area contributed by atoms with Gasteiger partial charge in [-0.1, -0.05) is 40.0 Å². The van der Waals surface area contributed by atoms with Crippen LogP contribution in [-0.2, 0) is 57.0 Å². The van der Waals surface area contributed by atoms with Crippen molar-refractivity contribution in [1.82, 2.24) is 5.32 Å². The average molecular weight is 669 g/mol. The van der Waals surface area contributed by atoms with Crippen LogP contribution in [0.5, 0.6) is 0 Å². The fraction of sp³-hybridized carbons (Fsp3) is 0.938. The minimum atomic E-state index is -0.659. The zero-order valence-electron chi connectivity index (χ0n) is 28.8. The largest absolute Gasteiger partial charge is 0.379 e. The Bertz CT molecular complexity index is 661. The summed E-state index contributed by atoms with van der Waals surface area (Å²) < 4.78 is 54.4. The molecule has 0 rings (SSSR count). The number of carbonyl (C=O) groups is 2. The van der Waals surface area contributed by atoms with Gasteiger partial charge >= 0.3 is 0 Å². The lowest BCUT2D eigenvalue weighted by Crippen LogP contribution is -2.45. The SMILES string of the molecule is CCCCCC(NC(=O)COCCOCCOCCOCCOCCOCCOCCOCCOCCOCCC(C)C)C(N)=O. The minimum Gasteiger partial charge on any atom is -0.379 e. The Morgan fingerprint density at radius 3 is 1.13 bits per heavy atom. The number of primary amides is 1. The Kier molecular flexibility index (Phi) is 35.2. The van der Waals surface area contributed by atoms with Crippen molar-refractivity contribution in [1.29, 1.82) is 0 Å². The van der Waals surface area contributed by atoms with Gasteiger partial charge in [-0.2, -0.15) is 0 Å². The molecule has 1 unspecified atom stereocenters. The Hall–Kier alpha value is -1.46. The molecule has 0 aromatic carbocycles. The van der Waals surface area contributed by atoms with Crippen LogP contribution in [0.25, 0.3) is 0 Å². The van der Waals surface area contributed by atoms with Crippen molar-refractivity contribution in [2.75, 3.05) is 132 Å². The lowest BCUT2D eigenvalue weighted by Gasteiger charge is -2.15. The van der Waals surface area contributed by atoms with E-state index in [1.54, 1.807) is 0 Å². The van der Waals surface area contributed by atoms with Crippen LogP contribution in [0.2, 0.25) is 0 Å². The molecule has 0 aromatic rings. The Balaban J connectivity index is 3.22. The molecule has 0 radical (unpaired) electrons. The van der Waals surface area contributed by atoms with Gasteiger partial charge in [-0.3, -0.25) is 9.59 Å². The maximum Gasteiger partial charge on any atom is 0.246 e. The molecule has 0 aromatic heterocycles. The second-order valence-corrected chi connectivity index (χ2v) is 10.8. The molecule has 0 spiro atoms. The van der Waals surface area contributed by atoms with Crippen molar-refractivity contribution in [3.8, 4) is 0 Å². The van der Waals surface area contributed by atoms with Gasteiger partial charge in [-0.25, -0.2) is 0 Å². The second-order valence-electron chi connectivity index (χ2n) is 10.8. The summed E-state index contributed by atoms with van der Waals surface area (Å²) in [5, 5.41) is 2.61. The Morgan fingerprint density at radius 2 is 0.826 bits per heavy atom. The lowest BCUT2D eigenvalue weighted by atomic mass is 10.1. The number of hydrogen-bond acceptors (Lipinski definition) is 12. The smallest absolute Gasteiger partial charge is 0.246 e. The summed E-state index contributed by atoms with van der Waals surface area (Å²) in [6.45, 7) is 15.7. The predicted molar refractivity (Wildman–Crippen MR) is 173 cm³/mol. The van der Waals surface area contributed by atoms with Crippen LogP contribution in [0.4, 0.5) is 0 Å². The first kappa shape index (κ1) is 44.5. The van der Waals surface area contributed by atoms with Crippen LogP contribution in [0.3, 0.4) is 0 Å². The van der Waals surface area contributed by atoms with Crippen LogP contribution in [-0.4, -0.2) is 150 Å². The molecule has 0 saturated carbocycles. The highest BCUT2D eigenvalue weighted by atomic mass is 16.6. The molecule has 1 atom stereocenters. The molecule has 14 heteroatoms. The second kappa shape index (κ2) is 36.4. The molecule has 0 aliphatic rings. The fourth-order valence-electron chi connectivity index (χ4n) is 3.58. The standard InChI is InChI=1S/C32H64N2O12/c1-4-5-6-7-30(32(33)36)34-31(35)28-46-27-26-45-25-24-44-23-22-43-21-20-42-19-18-41-17-16-40-15-14-39-13-12-38-11-10-37-9-8-29(2)3/h29-30H,4-28H2,1-3H3,(H2,33,36)(H,34,35). The van der Waals surface area contributed by atoms with Crippen molar-refractivity contribution >= 4 is 11.8 Å². The van der Waals surface area contributed by atoms with Gasteiger partial charge in [0.15, 0.2) is 0 Å². The van der Waals surface area contributed by atoms with E-state index in [1.807, 2.05) is 0 Å². The maximum absolute atomic E-state index is 11.9. The summed E-state index contributed by atoms with van der Waals surface area (Å²) in [6.07, 6.45) is 4.46. The van der Waals surface area contributed by atoms with E-state index in [1.165, 1.54) is 0 Å². The van der Waals surface area contributed by atoms with Crippen LogP contribution in [0, 0.1) is 5.92 Å². The first-order valence-corrected chi connectivity index (χ1v) is 16.8. The van der Waals surface area contributed by atoms with Gasteiger partial charge in [-0.15, -0.1) is 0 Å². The topological polar surface area (TPSA) is 164 Å². The third kappa shape index (κ3) is 35.4. The number of ether oxygens (including phenoxy) is 10. The molecule has 0 saturated heterocycles. The van der Waals surface area contributed by atoms with Gasteiger partial charge in [0.1, 0.15) is 12.6 Å². The highest BCUT2D eigenvalue weighted by Gasteiger charge is 2.17. The minimum absolute atomic E-state index is 0.148. The molecule has 46 heavy (non-hydrogen) atoms. The van der Waals surface area contributed by atoms with Crippen molar-refractivity contribution in [2.24, 2.45) is 11.7 Å². The van der Waals surface area contributed by atoms with Gasteiger partial charge in [0.2, 0.25) is 11.8 Å². The number of unbranched alkanes of at least 4 members (excludes halogenated alkanes) is 2. The monoisotopic (exact) mass is 668 g/mol. The zero-order valence-corrected chi connectivity index (χ0v) is 28.8. The molecular weight excluding hydrogens is 604 g/mol. The van der Waals surface area contributed by atoms with Crippen LogP contribution < -0.4 is 11.1 Å².